The number of carboxylic acids is 1. The number of carbonyl (C=O) groups is 3. The molecule has 1 rings (SSSR count). The van der Waals surface area contributed by atoms with E-state index in [1.165, 1.54) is 11.8 Å². The Kier molecular flexibility index (Phi) is 6.84. The molecule has 114 valence electrons. The molecule has 7 heteroatoms. The zero-order valence-corrected chi connectivity index (χ0v) is 12.6. The molecule has 0 saturated heterocycles. The van der Waals surface area contributed by atoms with E-state index in [-0.39, 0.29) is 23.5 Å². The Bertz CT molecular complexity index is 369. The number of carbonyl (C=O) groups excluding carboxylic acids is 2. The molecule has 1 aliphatic rings. The van der Waals surface area contributed by atoms with Gasteiger partial charge in [0.15, 0.2) is 0 Å². The van der Waals surface area contributed by atoms with Gasteiger partial charge in [-0.2, -0.15) is 11.8 Å². The molecular weight excluding hydrogens is 280 g/mol. The Hall–Kier alpha value is -1.24. The van der Waals surface area contributed by atoms with Gasteiger partial charge in [-0.05, 0) is 30.4 Å². The molecule has 6 nitrogen and oxygen atoms in total. The van der Waals surface area contributed by atoms with Gasteiger partial charge in [0.25, 0.3) is 0 Å². The molecular formula is C13H22N2O4S. The normalized spacial score (nSPS) is 15.4. The zero-order chi connectivity index (χ0) is 15.0. The van der Waals surface area contributed by atoms with Gasteiger partial charge in [0.2, 0.25) is 5.91 Å². The Morgan fingerprint density at radius 3 is 2.55 bits per heavy atom. The number of carboxylic acid groups (broad SMARTS) is 1. The molecule has 0 aromatic rings. The van der Waals surface area contributed by atoms with Crippen molar-refractivity contribution in [3.05, 3.63) is 0 Å². The summed E-state index contributed by atoms with van der Waals surface area (Å²) >= 11 is 1.39. The van der Waals surface area contributed by atoms with Crippen LogP contribution in [0.2, 0.25) is 0 Å². The highest BCUT2D eigenvalue weighted by atomic mass is 32.2. The van der Waals surface area contributed by atoms with Crippen LogP contribution in [0.25, 0.3) is 0 Å². The molecule has 1 saturated carbocycles. The molecule has 3 N–H and O–H groups in total. The first-order chi connectivity index (χ1) is 9.47. The van der Waals surface area contributed by atoms with Crippen LogP contribution in [0.3, 0.4) is 0 Å². The molecule has 0 spiro atoms. The predicted octanol–water partition coefficient (Wildman–Crippen LogP) is 1.60. The average Bonchev–Trinajstić information content (AvgIpc) is 3.08. The van der Waals surface area contributed by atoms with Crippen LogP contribution in [0, 0.1) is 5.41 Å². The minimum Gasteiger partial charge on any atom is -0.481 e. The van der Waals surface area contributed by atoms with E-state index in [1.54, 1.807) is 0 Å². The Morgan fingerprint density at radius 1 is 1.30 bits per heavy atom. The highest BCUT2D eigenvalue weighted by molar-refractivity contribution is 8.00. The van der Waals surface area contributed by atoms with Gasteiger partial charge in [0.05, 0.1) is 12.2 Å². The van der Waals surface area contributed by atoms with E-state index in [2.05, 4.69) is 10.6 Å². The van der Waals surface area contributed by atoms with Crippen LogP contribution in [0.1, 0.15) is 39.0 Å². The number of unbranched alkanes of at least 4 members (excludes halogenated alkanes) is 1. The van der Waals surface area contributed by atoms with Crippen molar-refractivity contribution in [2.24, 2.45) is 5.41 Å². The number of amides is 3. The monoisotopic (exact) mass is 302 g/mol. The molecule has 1 fully saturated rings. The minimum atomic E-state index is -0.789. The summed E-state index contributed by atoms with van der Waals surface area (Å²) in [6.45, 7) is 2.58. The number of aliphatic carboxylic acids is 1. The van der Waals surface area contributed by atoms with Crippen molar-refractivity contribution in [1.29, 1.82) is 0 Å². The van der Waals surface area contributed by atoms with Crippen LogP contribution in [-0.2, 0) is 9.59 Å². The largest absolute Gasteiger partial charge is 0.481 e. The van der Waals surface area contributed by atoms with Crippen LogP contribution in [0.5, 0.6) is 0 Å². The fourth-order valence-electron chi connectivity index (χ4n) is 1.82. The Balaban J connectivity index is 2.11. The molecule has 1 aliphatic carbocycles. The molecule has 0 heterocycles. The van der Waals surface area contributed by atoms with Crippen LogP contribution < -0.4 is 10.6 Å². The van der Waals surface area contributed by atoms with Crippen molar-refractivity contribution in [2.75, 3.05) is 18.1 Å². The topological polar surface area (TPSA) is 95.5 Å². The van der Waals surface area contributed by atoms with Crippen molar-refractivity contribution in [2.45, 2.75) is 39.0 Å². The number of nitrogens with one attached hydrogen (secondary N) is 2. The Morgan fingerprint density at radius 2 is 2.00 bits per heavy atom. The third kappa shape index (κ3) is 6.79. The summed E-state index contributed by atoms with van der Waals surface area (Å²) in [7, 11) is 0. The number of hydrogen-bond donors (Lipinski definition) is 3. The molecule has 3 amide bonds. The van der Waals surface area contributed by atoms with Crippen LogP contribution in [-0.4, -0.2) is 41.1 Å². The second kappa shape index (κ2) is 8.14. The molecule has 0 aromatic carbocycles. The van der Waals surface area contributed by atoms with Gasteiger partial charge in [-0.25, -0.2) is 4.79 Å². The lowest BCUT2D eigenvalue weighted by Gasteiger charge is -2.11. The fraction of sp³-hybridized carbons (Fsp3) is 0.769. The first kappa shape index (κ1) is 16.8. The summed E-state index contributed by atoms with van der Waals surface area (Å²) < 4.78 is 0. The van der Waals surface area contributed by atoms with E-state index in [1.807, 2.05) is 6.92 Å². The summed E-state index contributed by atoms with van der Waals surface area (Å²) in [5.74, 6) is -0.287. The van der Waals surface area contributed by atoms with Crippen molar-refractivity contribution < 1.29 is 19.5 Å². The maximum atomic E-state index is 11.5. The summed E-state index contributed by atoms with van der Waals surface area (Å²) in [5, 5.41) is 13.6. The van der Waals surface area contributed by atoms with Crippen molar-refractivity contribution >= 4 is 29.7 Å². The highest BCUT2D eigenvalue weighted by Gasteiger charge is 2.44. The third-order valence-electron chi connectivity index (χ3n) is 3.19. The van der Waals surface area contributed by atoms with E-state index in [0.717, 1.165) is 25.7 Å². The van der Waals surface area contributed by atoms with Crippen molar-refractivity contribution in [1.82, 2.24) is 10.6 Å². The lowest BCUT2D eigenvalue weighted by Crippen LogP contribution is -2.40. The SMILES string of the molecule is CCCCNC(=O)NC(=O)CSCC1(CC(=O)O)CC1. The van der Waals surface area contributed by atoms with Crippen molar-refractivity contribution in [3.63, 3.8) is 0 Å². The van der Waals surface area contributed by atoms with Crippen LogP contribution in [0.4, 0.5) is 4.79 Å². The fourth-order valence-corrected chi connectivity index (χ4v) is 3.00. The van der Waals surface area contributed by atoms with Crippen LogP contribution >= 0.6 is 11.8 Å². The van der Waals surface area contributed by atoms with Gasteiger partial charge in [0, 0.05) is 6.54 Å². The average molecular weight is 302 g/mol. The number of urea groups is 1. The van der Waals surface area contributed by atoms with E-state index in [0.29, 0.717) is 12.3 Å². The highest BCUT2D eigenvalue weighted by Crippen LogP contribution is 2.50. The third-order valence-corrected chi connectivity index (χ3v) is 4.48. The van der Waals surface area contributed by atoms with Gasteiger partial charge >= 0.3 is 12.0 Å². The van der Waals surface area contributed by atoms with E-state index in [9.17, 15) is 14.4 Å². The molecule has 0 aromatic heterocycles. The van der Waals surface area contributed by atoms with E-state index >= 15 is 0 Å². The standard InChI is InChI=1S/C13H22N2O4S/c1-2-3-6-14-12(19)15-10(16)8-20-9-13(4-5-13)7-11(17)18/h2-9H2,1H3,(H,17,18)(H2,14,15,16,19). The number of imide groups is 1. The number of rotatable bonds is 9. The smallest absolute Gasteiger partial charge is 0.321 e. The summed E-state index contributed by atoms with van der Waals surface area (Å²) in [6.07, 6.45) is 3.85. The van der Waals surface area contributed by atoms with Gasteiger partial charge < -0.3 is 10.4 Å². The maximum Gasteiger partial charge on any atom is 0.321 e. The van der Waals surface area contributed by atoms with Gasteiger partial charge in [-0.1, -0.05) is 13.3 Å². The van der Waals surface area contributed by atoms with Gasteiger partial charge in [0.1, 0.15) is 0 Å². The predicted molar refractivity (Wildman–Crippen MR) is 77.7 cm³/mol. The molecule has 0 atom stereocenters. The number of thioether (sulfide) groups is 1. The molecule has 0 radical (unpaired) electrons. The molecule has 20 heavy (non-hydrogen) atoms. The molecule has 0 bridgehead atoms. The summed E-state index contributed by atoms with van der Waals surface area (Å²) in [4.78, 5) is 33.5. The maximum absolute atomic E-state index is 11.5. The van der Waals surface area contributed by atoms with Crippen LogP contribution in [0.15, 0.2) is 0 Å². The first-order valence-corrected chi connectivity index (χ1v) is 8.00. The lowest BCUT2D eigenvalue weighted by molar-refractivity contribution is -0.138. The van der Waals surface area contributed by atoms with Crippen molar-refractivity contribution in [3.8, 4) is 0 Å². The Labute approximate surface area is 123 Å². The van der Waals surface area contributed by atoms with Gasteiger partial charge in [-0.15, -0.1) is 0 Å². The summed E-state index contributed by atoms with van der Waals surface area (Å²) in [5.41, 5.74) is -0.125. The first-order valence-electron chi connectivity index (χ1n) is 6.85. The number of hydrogen-bond acceptors (Lipinski definition) is 4. The lowest BCUT2D eigenvalue weighted by atomic mass is 10.1. The van der Waals surface area contributed by atoms with E-state index in [4.69, 9.17) is 5.11 Å². The van der Waals surface area contributed by atoms with Gasteiger partial charge in [-0.3, -0.25) is 14.9 Å². The minimum absolute atomic E-state index is 0.125. The van der Waals surface area contributed by atoms with E-state index < -0.39 is 12.0 Å². The summed E-state index contributed by atoms with van der Waals surface area (Å²) in [6, 6.07) is -0.462. The quantitative estimate of drug-likeness (QED) is 0.562. The molecule has 0 unspecified atom stereocenters. The zero-order valence-electron chi connectivity index (χ0n) is 11.7. The second-order valence-electron chi connectivity index (χ2n) is 5.22. The molecule has 0 aliphatic heterocycles. The second-order valence-corrected chi connectivity index (χ2v) is 6.21.